The zero-order chi connectivity index (χ0) is 25.4. The van der Waals surface area contributed by atoms with Crippen LogP contribution < -0.4 is 10.1 Å². The van der Waals surface area contributed by atoms with Crippen LogP contribution in [-0.2, 0) is 27.3 Å². The zero-order valence-corrected chi connectivity index (χ0v) is 19.5. The predicted octanol–water partition coefficient (Wildman–Crippen LogP) is 2.03. The number of para-hydroxylation sites is 1. The topological polar surface area (TPSA) is 145 Å². The van der Waals surface area contributed by atoms with Crippen LogP contribution in [-0.4, -0.2) is 55.0 Å². The maximum atomic E-state index is 13.8. The van der Waals surface area contributed by atoms with E-state index in [1.165, 1.54) is 12.5 Å². The molecular weight excluding hydrogens is 464 g/mol. The highest BCUT2D eigenvalue weighted by Crippen LogP contribution is 2.52. The molecule has 186 valence electrons. The van der Waals surface area contributed by atoms with E-state index in [1.54, 1.807) is 37.3 Å². The molecule has 2 aliphatic rings. The molecular formula is C26H26N4O6. The standard InChI is InChI=1S/C26H26N4O6/c1-2-36-18-10-6-9-17(22(18)31)21-19-20(26(29-21,25(34)35)11-16-12-27-14-28-16)24(33)30(23(19)32)13-15-7-4-3-5-8-15/h3-10,12,14,19-21,29,31H,2,11,13H2,1H3,(H,27,28)(H,34,35)/t19-,20-,21+,26-/m0/s1. The van der Waals surface area contributed by atoms with Gasteiger partial charge in [0.25, 0.3) is 0 Å². The fourth-order valence-corrected chi connectivity index (χ4v) is 5.43. The van der Waals surface area contributed by atoms with Crippen molar-refractivity contribution in [3.05, 3.63) is 77.9 Å². The Bertz CT molecular complexity index is 1300. The first-order valence-corrected chi connectivity index (χ1v) is 11.7. The number of nitrogens with one attached hydrogen (secondary N) is 2. The van der Waals surface area contributed by atoms with E-state index in [0.29, 0.717) is 17.9 Å². The molecule has 1 aromatic heterocycles. The van der Waals surface area contributed by atoms with Gasteiger partial charge in [0.1, 0.15) is 5.54 Å². The Balaban J connectivity index is 1.62. The Kier molecular flexibility index (Phi) is 5.97. The molecule has 3 heterocycles. The Hall–Kier alpha value is -4.18. The third-order valence-corrected chi connectivity index (χ3v) is 7.00. The number of fused-ring (bicyclic) bond motifs is 1. The summed E-state index contributed by atoms with van der Waals surface area (Å²) in [7, 11) is 0. The van der Waals surface area contributed by atoms with Crippen molar-refractivity contribution in [2.75, 3.05) is 6.61 Å². The quantitative estimate of drug-likeness (QED) is 0.351. The van der Waals surface area contributed by atoms with Gasteiger partial charge in [-0.1, -0.05) is 42.5 Å². The number of hydrogen-bond donors (Lipinski definition) is 4. The number of carboxylic acid groups (broad SMARTS) is 1. The number of aromatic nitrogens is 2. The summed E-state index contributed by atoms with van der Waals surface area (Å²) in [5, 5.41) is 24.6. The number of imidazole rings is 1. The van der Waals surface area contributed by atoms with Gasteiger partial charge < -0.3 is 19.9 Å². The number of carbonyl (C=O) groups is 3. The lowest BCUT2D eigenvalue weighted by Crippen LogP contribution is -2.57. The van der Waals surface area contributed by atoms with E-state index in [2.05, 4.69) is 15.3 Å². The van der Waals surface area contributed by atoms with Crippen LogP contribution in [0.2, 0.25) is 0 Å². The summed E-state index contributed by atoms with van der Waals surface area (Å²) in [4.78, 5) is 48.4. The smallest absolute Gasteiger partial charge is 0.325 e. The van der Waals surface area contributed by atoms with Crippen LogP contribution in [0.25, 0.3) is 0 Å². The molecule has 0 aliphatic carbocycles. The second-order valence-corrected chi connectivity index (χ2v) is 9.03. The van der Waals surface area contributed by atoms with Gasteiger partial charge in [0, 0.05) is 29.9 Å². The lowest BCUT2D eigenvalue weighted by atomic mass is 9.77. The second kappa shape index (κ2) is 9.12. The zero-order valence-electron chi connectivity index (χ0n) is 19.5. The minimum Gasteiger partial charge on any atom is -0.504 e. The molecule has 36 heavy (non-hydrogen) atoms. The number of imide groups is 1. The van der Waals surface area contributed by atoms with E-state index in [1.807, 2.05) is 18.2 Å². The van der Waals surface area contributed by atoms with Crippen molar-refractivity contribution < 1.29 is 29.3 Å². The number of phenolic OH excluding ortho intramolecular Hbond substituents is 1. The number of aliphatic carboxylic acids is 1. The first-order chi connectivity index (χ1) is 17.4. The predicted molar refractivity (Wildman–Crippen MR) is 127 cm³/mol. The largest absolute Gasteiger partial charge is 0.504 e. The highest BCUT2D eigenvalue weighted by atomic mass is 16.5. The van der Waals surface area contributed by atoms with E-state index in [0.717, 1.165) is 10.5 Å². The van der Waals surface area contributed by atoms with Gasteiger partial charge in [0.2, 0.25) is 11.8 Å². The van der Waals surface area contributed by atoms with E-state index in [9.17, 15) is 24.6 Å². The highest BCUT2D eigenvalue weighted by molar-refractivity contribution is 6.09. The number of rotatable bonds is 8. The Labute approximate surface area is 206 Å². The third-order valence-electron chi connectivity index (χ3n) is 7.00. The molecule has 2 amide bonds. The molecule has 0 saturated carbocycles. The third kappa shape index (κ3) is 3.70. The van der Waals surface area contributed by atoms with E-state index < -0.39 is 41.2 Å². The fourth-order valence-electron chi connectivity index (χ4n) is 5.43. The number of carboxylic acids is 1. The number of nitrogens with zero attached hydrogens (tertiary/aromatic N) is 2. The Morgan fingerprint density at radius 2 is 1.92 bits per heavy atom. The maximum absolute atomic E-state index is 13.8. The van der Waals surface area contributed by atoms with Crippen molar-refractivity contribution in [3.63, 3.8) is 0 Å². The molecule has 3 aromatic rings. The summed E-state index contributed by atoms with van der Waals surface area (Å²) >= 11 is 0. The van der Waals surface area contributed by atoms with Crippen LogP contribution >= 0.6 is 0 Å². The van der Waals surface area contributed by atoms with E-state index in [4.69, 9.17) is 4.74 Å². The van der Waals surface area contributed by atoms with Gasteiger partial charge in [-0.05, 0) is 18.6 Å². The molecule has 0 bridgehead atoms. The molecule has 0 radical (unpaired) electrons. The molecule has 5 rings (SSSR count). The van der Waals surface area contributed by atoms with Crippen molar-refractivity contribution in [2.45, 2.75) is 31.5 Å². The van der Waals surface area contributed by atoms with Crippen molar-refractivity contribution in [2.24, 2.45) is 11.8 Å². The molecule has 2 aromatic carbocycles. The summed E-state index contributed by atoms with van der Waals surface area (Å²) in [5.74, 6) is -4.53. The summed E-state index contributed by atoms with van der Waals surface area (Å²) in [6, 6.07) is 13.0. The SMILES string of the molecule is CCOc1cccc([C@H]2N[C@](Cc3cnc[nH]3)(C(=O)O)[C@@H]3C(=O)N(Cc4ccccc4)C(=O)[C@H]23)c1O. The van der Waals surface area contributed by atoms with Crippen LogP contribution in [0.1, 0.15) is 29.8 Å². The van der Waals surface area contributed by atoms with Gasteiger partial charge >= 0.3 is 5.97 Å². The van der Waals surface area contributed by atoms with Crippen molar-refractivity contribution >= 4 is 17.8 Å². The number of hydrogen-bond acceptors (Lipinski definition) is 7. The number of benzene rings is 2. The number of likely N-dealkylation sites (tertiary alicyclic amines) is 1. The van der Waals surface area contributed by atoms with Gasteiger partial charge in [-0.2, -0.15) is 0 Å². The number of phenols is 1. The minimum atomic E-state index is -1.81. The number of aromatic amines is 1. The average Bonchev–Trinajstić information content (AvgIpc) is 3.56. The van der Waals surface area contributed by atoms with Crippen LogP contribution in [0.15, 0.2) is 61.1 Å². The molecule has 2 aliphatic heterocycles. The first kappa shape index (κ1) is 23.6. The Morgan fingerprint density at radius 3 is 2.58 bits per heavy atom. The molecule has 0 unspecified atom stereocenters. The molecule has 0 spiro atoms. The molecule has 10 heteroatoms. The maximum Gasteiger partial charge on any atom is 0.325 e. The summed E-state index contributed by atoms with van der Waals surface area (Å²) in [6.45, 7) is 2.11. The molecule has 4 atom stereocenters. The van der Waals surface area contributed by atoms with Crippen LogP contribution in [0.4, 0.5) is 0 Å². The highest BCUT2D eigenvalue weighted by Gasteiger charge is 2.68. The average molecular weight is 491 g/mol. The molecule has 10 nitrogen and oxygen atoms in total. The van der Waals surface area contributed by atoms with E-state index in [-0.39, 0.29) is 24.5 Å². The number of H-pyrrole nitrogens is 1. The monoisotopic (exact) mass is 490 g/mol. The van der Waals surface area contributed by atoms with Gasteiger partial charge in [-0.15, -0.1) is 0 Å². The summed E-state index contributed by atoms with van der Waals surface area (Å²) in [6.07, 6.45) is 2.81. The minimum absolute atomic E-state index is 0.0307. The van der Waals surface area contributed by atoms with Gasteiger partial charge in [0.05, 0.1) is 31.3 Å². The van der Waals surface area contributed by atoms with Gasteiger partial charge in [-0.25, -0.2) is 4.98 Å². The van der Waals surface area contributed by atoms with E-state index >= 15 is 0 Å². The number of ether oxygens (including phenoxy) is 1. The van der Waals surface area contributed by atoms with Crippen LogP contribution in [0, 0.1) is 11.8 Å². The lowest BCUT2D eigenvalue weighted by molar-refractivity contribution is -0.151. The lowest BCUT2D eigenvalue weighted by Gasteiger charge is -2.31. The van der Waals surface area contributed by atoms with Crippen molar-refractivity contribution in [3.8, 4) is 11.5 Å². The summed E-state index contributed by atoms with van der Waals surface area (Å²) in [5.41, 5.74) is -0.266. The second-order valence-electron chi connectivity index (χ2n) is 9.03. The first-order valence-electron chi connectivity index (χ1n) is 11.7. The van der Waals surface area contributed by atoms with Crippen LogP contribution in [0.3, 0.4) is 0 Å². The normalized spacial score (nSPS) is 25.2. The molecule has 2 saturated heterocycles. The number of aromatic hydroxyl groups is 1. The molecule has 4 N–H and O–H groups in total. The van der Waals surface area contributed by atoms with Crippen molar-refractivity contribution in [1.82, 2.24) is 20.2 Å². The van der Waals surface area contributed by atoms with Crippen LogP contribution in [0.5, 0.6) is 11.5 Å². The Morgan fingerprint density at radius 1 is 1.14 bits per heavy atom. The fraction of sp³-hybridized carbons (Fsp3) is 0.308. The van der Waals surface area contributed by atoms with Crippen molar-refractivity contribution in [1.29, 1.82) is 0 Å². The van der Waals surface area contributed by atoms with Gasteiger partial charge in [0.15, 0.2) is 11.5 Å². The van der Waals surface area contributed by atoms with Gasteiger partial charge in [-0.3, -0.25) is 24.6 Å². The summed E-state index contributed by atoms with van der Waals surface area (Å²) < 4.78 is 5.51. The molecule has 2 fully saturated rings. The number of amides is 2. The number of carbonyl (C=O) groups excluding carboxylic acids is 2.